The quantitative estimate of drug-likeness (QED) is 0.600. The Hall–Kier alpha value is -3.00. The second kappa shape index (κ2) is 7.71. The van der Waals surface area contributed by atoms with Crippen molar-refractivity contribution in [3.05, 3.63) is 71.6 Å². The van der Waals surface area contributed by atoms with Crippen molar-refractivity contribution in [1.82, 2.24) is 10.2 Å². The first-order valence-electron chi connectivity index (χ1n) is 8.18. The smallest absolute Gasteiger partial charge is 0.338 e. The summed E-state index contributed by atoms with van der Waals surface area (Å²) in [5.41, 5.74) is 1.68. The fraction of sp³-hybridized carbons (Fsp3) is 0.211. The lowest BCUT2D eigenvalue weighted by molar-refractivity contribution is 0.0280. The number of sulfone groups is 1. The molecule has 0 radical (unpaired) electrons. The van der Waals surface area contributed by atoms with Gasteiger partial charge in [-0.05, 0) is 36.8 Å². The van der Waals surface area contributed by atoms with Crippen LogP contribution in [0.3, 0.4) is 0 Å². The molecule has 27 heavy (non-hydrogen) atoms. The molecule has 140 valence electrons. The lowest BCUT2D eigenvalue weighted by Gasteiger charge is -2.09. The number of hydrogen-bond acceptors (Lipinski definition) is 7. The van der Waals surface area contributed by atoms with Gasteiger partial charge in [-0.3, -0.25) is 0 Å². The number of benzene rings is 2. The van der Waals surface area contributed by atoms with E-state index in [1.165, 1.54) is 12.1 Å². The maximum atomic E-state index is 12.3. The number of carbonyl (C=O) groups excluding carboxylic acids is 1. The van der Waals surface area contributed by atoms with E-state index < -0.39 is 21.9 Å². The highest BCUT2D eigenvalue weighted by atomic mass is 32.2. The summed E-state index contributed by atoms with van der Waals surface area (Å²) < 4.78 is 33.6. The second-order valence-corrected chi connectivity index (χ2v) is 8.27. The van der Waals surface area contributed by atoms with Crippen LogP contribution in [0.2, 0.25) is 0 Å². The van der Waals surface area contributed by atoms with Crippen LogP contribution in [-0.2, 0) is 20.3 Å². The highest BCUT2D eigenvalue weighted by molar-refractivity contribution is 7.89. The Morgan fingerprint density at radius 3 is 2.37 bits per heavy atom. The van der Waals surface area contributed by atoms with Crippen LogP contribution >= 0.6 is 0 Å². The predicted octanol–water partition coefficient (Wildman–Crippen LogP) is 3.20. The van der Waals surface area contributed by atoms with E-state index in [2.05, 4.69) is 10.2 Å². The van der Waals surface area contributed by atoms with Crippen molar-refractivity contribution in [3.8, 4) is 11.5 Å². The van der Waals surface area contributed by atoms with Crippen LogP contribution < -0.4 is 0 Å². The first-order valence-corrected chi connectivity index (χ1v) is 10.2. The third-order valence-electron chi connectivity index (χ3n) is 3.71. The maximum Gasteiger partial charge on any atom is 0.338 e. The molecule has 1 aromatic heterocycles. The summed E-state index contributed by atoms with van der Waals surface area (Å²) in [6.07, 6.45) is 0.434. The molecular weight excluding hydrogens is 368 g/mol. The van der Waals surface area contributed by atoms with Crippen molar-refractivity contribution >= 4 is 15.8 Å². The monoisotopic (exact) mass is 386 g/mol. The number of rotatable bonds is 6. The fourth-order valence-corrected chi connectivity index (χ4v) is 3.21. The molecule has 0 saturated heterocycles. The van der Waals surface area contributed by atoms with E-state index in [0.29, 0.717) is 17.0 Å². The second-order valence-electron chi connectivity index (χ2n) is 6.13. The minimum absolute atomic E-state index is 0.0804. The molecular formula is C19H18N2O5S. The normalized spacial score (nSPS) is 12.5. The van der Waals surface area contributed by atoms with Gasteiger partial charge in [0.25, 0.3) is 5.89 Å². The number of aromatic nitrogens is 2. The minimum Gasteiger partial charge on any atom is -0.449 e. The molecule has 0 N–H and O–H groups in total. The van der Waals surface area contributed by atoms with Crippen LogP contribution in [0, 0.1) is 0 Å². The average molecular weight is 386 g/mol. The third-order valence-corrected chi connectivity index (χ3v) is 4.57. The number of carbonyl (C=O) groups is 1. The van der Waals surface area contributed by atoms with E-state index >= 15 is 0 Å². The molecule has 0 saturated carbocycles. The largest absolute Gasteiger partial charge is 0.449 e. The van der Waals surface area contributed by atoms with Gasteiger partial charge in [0, 0.05) is 11.8 Å². The summed E-state index contributed by atoms with van der Waals surface area (Å²) >= 11 is 0. The number of ether oxygens (including phenoxy) is 1. The molecule has 0 amide bonds. The average Bonchev–Trinajstić information content (AvgIpc) is 3.12. The molecule has 0 fully saturated rings. The van der Waals surface area contributed by atoms with Crippen LogP contribution in [0.15, 0.2) is 59.0 Å². The Bertz CT molecular complexity index is 1030. The van der Waals surface area contributed by atoms with Gasteiger partial charge in [-0.15, -0.1) is 10.2 Å². The van der Waals surface area contributed by atoms with Crippen molar-refractivity contribution in [2.75, 3.05) is 6.26 Å². The number of nitrogens with zero attached hydrogens (tertiary/aromatic N) is 2. The van der Waals surface area contributed by atoms with Gasteiger partial charge in [-0.2, -0.15) is 0 Å². The molecule has 0 aliphatic heterocycles. The van der Waals surface area contributed by atoms with Gasteiger partial charge in [-0.25, -0.2) is 13.2 Å². The first-order chi connectivity index (χ1) is 12.8. The highest BCUT2D eigenvalue weighted by Gasteiger charge is 2.20. The first kappa shape index (κ1) is 18.8. The summed E-state index contributed by atoms with van der Waals surface area (Å²) in [7, 11) is -3.13. The van der Waals surface area contributed by atoms with Crippen molar-refractivity contribution in [3.63, 3.8) is 0 Å². The molecule has 1 heterocycles. The Balaban J connectivity index is 1.66. The number of hydrogen-bond donors (Lipinski definition) is 0. The number of esters is 1. The standard InChI is InChI=1S/C19H18N2O5S/c1-13(17-20-21-18(26-17)15-6-4-3-5-7-15)25-19(22)16-10-8-14(9-11-16)12-27(2,23)24/h3-11,13H,12H2,1-2H3/t13-/m0/s1. The SMILES string of the molecule is C[C@H](OC(=O)c1ccc(CS(C)(=O)=O)cc1)c1nnc(-c2ccccc2)o1. The molecule has 0 unspecified atom stereocenters. The van der Waals surface area contributed by atoms with E-state index in [-0.39, 0.29) is 11.6 Å². The topological polar surface area (TPSA) is 99.4 Å². The minimum atomic E-state index is -3.13. The van der Waals surface area contributed by atoms with Crippen LogP contribution in [-0.4, -0.2) is 30.8 Å². The van der Waals surface area contributed by atoms with E-state index in [1.807, 2.05) is 30.3 Å². The zero-order chi connectivity index (χ0) is 19.4. The third kappa shape index (κ3) is 5.01. The van der Waals surface area contributed by atoms with Crippen LogP contribution in [0.1, 0.15) is 34.8 Å². The zero-order valence-electron chi connectivity index (χ0n) is 14.8. The molecule has 0 spiro atoms. The summed E-state index contributed by atoms with van der Waals surface area (Å²) in [5.74, 6) is -0.106. The van der Waals surface area contributed by atoms with E-state index in [4.69, 9.17) is 9.15 Å². The maximum absolute atomic E-state index is 12.3. The highest BCUT2D eigenvalue weighted by Crippen LogP contribution is 2.23. The van der Waals surface area contributed by atoms with Crippen molar-refractivity contribution in [1.29, 1.82) is 0 Å². The summed E-state index contributed by atoms with van der Waals surface area (Å²) in [6, 6.07) is 15.5. The molecule has 1 atom stereocenters. The van der Waals surface area contributed by atoms with Gasteiger partial charge in [0.2, 0.25) is 5.89 Å². The fourth-order valence-electron chi connectivity index (χ4n) is 2.42. The Kier molecular flexibility index (Phi) is 5.36. The lowest BCUT2D eigenvalue weighted by Crippen LogP contribution is -2.10. The van der Waals surface area contributed by atoms with Crippen LogP contribution in [0.5, 0.6) is 0 Å². The molecule has 3 rings (SSSR count). The molecule has 0 bridgehead atoms. The molecule has 2 aromatic carbocycles. The van der Waals surface area contributed by atoms with E-state index in [1.54, 1.807) is 19.1 Å². The van der Waals surface area contributed by atoms with E-state index in [9.17, 15) is 13.2 Å². The lowest BCUT2D eigenvalue weighted by atomic mass is 10.1. The molecule has 3 aromatic rings. The van der Waals surface area contributed by atoms with Crippen molar-refractivity contribution in [2.45, 2.75) is 18.8 Å². The van der Waals surface area contributed by atoms with Gasteiger partial charge < -0.3 is 9.15 Å². The molecule has 0 aliphatic carbocycles. The summed E-state index contributed by atoms with van der Waals surface area (Å²) in [6.45, 7) is 1.64. The van der Waals surface area contributed by atoms with Crippen LogP contribution in [0.25, 0.3) is 11.5 Å². The summed E-state index contributed by atoms with van der Waals surface area (Å²) in [4.78, 5) is 12.3. The van der Waals surface area contributed by atoms with Crippen molar-refractivity contribution in [2.24, 2.45) is 0 Å². The summed E-state index contributed by atoms with van der Waals surface area (Å²) in [5, 5.41) is 7.90. The van der Waals surface area contributed by atoms with Crippen molar-refractivity contribution < 1.29 is 22.4 Å². The molecule has 7 nitrogen and oxygen atoms in total. The van der Waals surface area contributed by atoms with Gasteiger partial charge in [-0.1, -0.05) is 30.3 Å². The van der Waals surface area contributed by atoms with Gasteiger partial charge >= 0.3 is 5.97 Å². The predicted molar refractivity (Wildman–Crippen MR) is 98.6 cm³/mol. The Morgan fingerprint density at radius 2 is 1.74 bits per heavy atom. The van der Waals surface area contributed by atoms with Gasteiger partial charge in [0.15, 0.2) is 15.9 Å². The van der Waals surface area contributed by atoms with Crippen LogP contribution in [0.4, 0.5) is 0 Å². The Morgan fingerprint density at radius 1 is 1.07 bits per heavy atom. The zero-order valence-corrected chi connectivity index (χ0v) is 15.6. The van der Waals surface area contributed by atoms with E-state index in [0.717, 1.165) is 11.8 Å². The van der Waals surface area contributed by atoms with Gasteiger partial charge in [0.05, 0.1) is 11.3 Å². The van der Waals surface area contributed by atoms with Gasteiger partial charge in [0.1, 0.15) is 0 Å². The molecule has 8 heteroatoms. The molecule has 0 aliphatic rings. The Labute approximate surface area is 156 Å².